The lowest BCUT2D eigenvalue weighted by Gasteiger charge is -2.20. The van der Waals surface area contributed by atoms with Crippen molar-refractivity contribution < 1.29 is 23.1 Å². The number of aromatic nitrogens is 3. The van der Waals surface area contributed by atoms with Crippen LogP contribution in [0.25, 0.3) is 0 Å². The van der Waals surface area contributed by atoms with E-state index in [1.54, 1.807) is 11.2 Å². The van der Waals surface area contributed by atoms with Crippen molar-refractivity contribution in [1.29, 1.82) is 0 Å². The number of urea groups is 1. The van der Waals surface area contributed by atoms with Crippen LogP contribution in [-0.4, -0.2) is 26.3 Å². The average Bonchev–Trinajstić information content (AvgIpc) is 2.99. The number of hydrogen-bond acceptors (Lipinski definition) is 4. The van der Waals surface area contributed by atoms with Gasteiger partial charge >= 0.3 is 12.2 Å². The maximum atomic E-state index is 12.4. The molecule has 7 nitrogen and oxygen atoms in total. The number of nitrogens with one attached hydrogen (secondary N) is 3. The molecule has 0 spiro atoms. The van der Waals surface area contributed by atoms with E-state index in [4.69, 9.17) is 0 Å². The summed E-state index contributed by atoms with van der Waals surface area (Å²) in [6.45, 7) is 0. The number of halogens is 3. The molecule has 2 amide bonds. The molecule has 2 aromatic rings. The van der Waals surface area contributed by atoms with Gasteiger partial charge in [-0.25, -0.2) is 4.79 Å². The zero-order valence-electron chi connectivity index (χ0n) is 12.4. The molecular weight excluding hydrogens is 327 g/mol. The topological polar surface area (TPSA) is 103 Å². The Morgan fingerprint density at radius 1 is 1.17 bits per heavy atom. The van der Waals surface area contributed by atoms with E-state index in [1.807, 2.05) is 0 Å². The van der Waals surface area contributed by atoms with E-state index < -0.39 is 24.0 Å². The van der Waals surface area contributed by atoms with Crippen molar-refractivity contribution in [1.82, 2.24) is 15.2 Å². The smallest absolute Gasteiger partial charge is 0.451 e. The van der Waals surface area contributed by atoms with Crippen LogP contribution in [0.5, 0.6) is 5.75 Å². The Kier molecular flexibility index (Phi) is 4.04. The molecule has 1 heterocycles. The number of aromatic amines is 1. The third-order valence-corrected chi connectivity index (χ3v) is 3.74. The highest BCUT2D eigenvalue weighted by molar-refractivity contribution is 5.99. The summed E-state index contributed by atoms with van der Waals surface area (Å²) < 4.78 is 37.3. The summed E-state index contributed by atoms with van der Waals surface area (Å²) in [7, 11) is 0. The summed E-state index contributed by atoms with van der Waals surface area (Å²) in [5.41, 5.74) is 2.13. The van der Waals surface area contributed by atoms with Crippen molar-refractivity contribution in [2.24, 2.45) is 0 Å². The lowest BCUT2D eigenvalue weighted by Crippen LogP contribution is -2.22. The number of aromatic hydroxyl groups is 1. The van der Waals surface area contributed by atoms with Crippen LogP contribution in [0.1, 0.15) is 29.8 Å². The number of phenols is 1. The van der Waals surface area contributed by atoms with Crippen molar-refractivity contribution in [2.75, 3.05) is 10.6 Å². The minimum absolute atomic E-state index is 0.180. The van der Waals surface area contributed by atoms with Gasteiger partial charge in [0.05, 0.1) is 0 Å². The van der Waals surface area contributed by atoms with Crippen molar-refractivity contribution >= 4 is 17.7 Å². The molecule has 0 unspecified atom stereocenters. The van der Waals surface area contributed by atoms with Crippen molar-refractivity contribution in [3.05, 3.63) is 29.1 Å². The van der Waals surface area contributed by atoms with Crippen LogP contribution in [0.2, 0.25) is 0 Å². The molecule has 0 saturated carbocycles. The van der Waals surface area contributed by atoms with Gasteiger partial charge in [0.25, 0.3) is 5.95 Å². The molecule has 1 aromatic carbocycles. The van der Waals surface area contributed by atoms with Crippen molar-refractivity contribution in [3.63, 3.8) is 0 Å². The largest absolute Gasteiger partial charge is 0.508 e. The van der Waals surface area contributed by atoms with E-state index in [1.165, 1.54) is 6.07 Å². The molecule has 0 radical (unpaired) electrons. The Bertz CT molecular complexity index is 772. The molecule has 10 heteroatoms. The summed E-state index contributed by atoms with van der Waals surface area (Å²) in [6.07, 6.45) is -1.36. The SMILES string of the molecule is O=C(Nc1n[nH]c(C(F)(F)F)n1)Nc1ccc(O)c2c1CCCC2. The quantitative estimate of drug-likeness (QED) is 0.630. The third kappa shape index (κ3) is 3.26. The first kappa shape index (κ1) is 16.1. The molecule has 24 heavy (non-hydrogen) atoms. The lowest BCUT2D eigenvalue weighted by atomic mass is 9.89. The Hall–Kier alpha value is -2.78. The first-order valence-electron chi connectivity index (χ1n) is 7.26. The molecule has 1 aliphatic carbocycles. The van der Waals surface area contributed by atoms with Crippen LogP contribution >= 0.6 is 0 Å². The highest BCUT2D eigenvalue weighted by Crippen LogP contribution is 2.34. The molecule has 128 valence electrons. The van der Waals surface area contributed by atoms with Gasteiger partial charge in [0.15, 0.2) is 0 Å². The molecule has 0 atom stereocenters. The number of rotatable bonds is 2. The molecule has 0 fully saturated rings. The van der Waals surface area contributed by atoms with Crippen molar-refractivity contribution in [3.8, 4) is 5.75 Å². The summed E-state index contributed by atoms with van der Waals surface area (Å²) in [5.74, 6) is -1.59. The monoisotopic (exact) mass is 341 g/mol. The predicted molar refractivity (Wildman–Crippen MR) is 78.8 cm³/mol. The van der Waals surface area contributed by atoms with Crippen LogP contribution in [0, 0.1) is 0 Å². The van der Waals surface area contributed by atoms with Crippen LogP contribution in [0.3, 0.4) is 0 Å². The number of benzene rings is 1. The predicted octanol–water partition coefficient (Wildman–Crippen LogP) is 3.05. The number of hydrogen-bond donors (Lipinski definition) is 4. The van der Waals surface area contributed by atoms with Crippen molar-refractivity contribution in [2.45, 2.75) is 31.9 Å². The maximum absolute atomic E-state index is 12.4. The zero-order valence-corrected chi connectivity index (χ0v) is 12.4. The molecule has 4 N–H and O–H groups in total. The number of anilines is 2. The number of fused-ring (bicyclic) bond motifs is 1. The Balaban J connectivity index is 1.73. The highest BCUT2D eigenvalue weighted by Gasteiger charge is 2.35. The standard InChI is InChI=1S/C14H14F3N5O2/c15-14(16,17)11-19-12(22-21-11)20-13(24)18-9-5-6-10(23)8-4-2-1-3-7(8)9/h5-6,23H,1-4H2,(H3,18,19,20,21,22,24). The minimum atomic E-state index is -4.67. The summed E-state index contributed by atoms with van der Waals surface area (Å²) in [6, 6.07) is 2.27. The number of amides is 2. The van der Waals surface area contributed by atoms with Crippen LogP contribution in [-0.2, 0) is 19.0 Å². The Morgan fingerprint density at radius 2 is 1.88 bits per heavy atom. The molecule has 0 aliphatic heterocycles. The fourth-order valence-electron chi connectivity index (χ4n) is 2.67. The minimum Gasteiger partial charge on any atom is -0.508 e. The number of alkyl halides is 3. The van der Waals surface area contributed by atoms with Gasteiger partial charge in [-0.3, -0.25) is 10.4 Å². The van der Waals surface area contributed by atoms with Gasteiger partial charge in [-0.2, -0.15) is 18.2 Å². The van der Waals surface area contributed by atoms with Crippen LogP contribution < -0.4 is 10.6 Å². The second kappa shape index (κ2) is 6.02. The van der Waals surface area contributed by atoms with E-state index in [-0.39, 0.29) is 5.75 Å². The molecular formula is C14H14F3N5O2. The van der Waals surface area contributed by atoms with Crippen LogP contribution in [0.15, 0.2) is 12.1 Å². The van der Waals surface area contributed by atoms with Gasteiger partial charge in [-0.05, 0) is 48.9 Å². The van der Waals surface area contributed by atoms with Gasteiger partial charge in [-0.1, -0.05) is 0 Å². The zero-order chi connectivity index (χ0) is 17.3. The van der Waals surface area contributed by atoms with E-state index >= 15 is 0 Å². The van der Waals surface area contributed by atoms with Gasteiger partial charge < -0.3 is 10.4 Å². The normalized spacial score (nSPS) is 14.1. The van der Waals surface area contributed by atoms with E-state index in [0.717, 1.165) is 24.0 Å². The fraction of sp³-hybridized carbons (Fsp3) is 0.357. The summed E-state index contributed by atoms with van der Waals surface area (Å²) >= 11 is 0. The van der Waals surface area contributed by atoms with Gasteiger partial charge in [0, 0.05) is 5.69 Å². The lowest BCUT2D eigenvalue weighted by molar-refractivity contribution is -0.144. The Morgan fingerprint density at radius 3 is 2.54 bits per heavy atom. The fourth-order valence-corrected chi connectivity index (χ4v) is 2.67. The summed E-state index contributed by atoms with van der Waals surface area (Å²) in [4.78, 5) is 15.1. The first-order chi connectivity index (χ1) is 11.3. The molecule has 1 aliphatic rings. The number of phenolic OH excluding ortho intramolecular Hbond substituents is 1. The third-order valence-electron chi connectivity index (χ3n) is 3.74. The number of nitrogens with zero attached hydrogens (tertiary/aromatic N) is 2. The molecule has 3 rings (SSSR count). The maximum Gasteiger partial charge on any atom is 0.451 e. The molecule has 0 saturated heterocycles. The van der Waals surface area contributed by atoms with Gasteiger partial charge in [0.1, 0.15) is 5.75 Å². The first-order valence-corrected chi connectivity index (χ1v) is 7.26. The summed E-state index contributed by atoms with van der Waals surface area (Å²) in [5, 5.41) is 19.6. The van der Waals surface area contributed by atoms with E-state index in [0.29, 0.717) is 18.5 Å². The van der Waals surface area contributed by atoms with Gasteiger partial charge in [-0.15, -0.1) is 5.10 Å². The number of carbonyl (C=O) groups is 1. The number of carbonyl (C=O) groups excluding carboxylic acids is 1. The number of H-pyrrole nitrogens is 1. The highest BCUT2D eigenvalue weighted by atomic mass is 19.4. The van der Waals surface area contributed by atoms with Gasteiger partial charge in [0.2, 0.25) is 5.82 Å². The average molecular weight is 341 g/mol. The van der Waals surface area contributed by atoms with Crippen LogP contribution in [0.4, 0.5) is 29.6 Å². The second-order valence-corrected chi connectivity index (χ2v) is 5.38. The van der Waals surface area contributed by atoms with E-state index in [2.05, 4.69) is 20.7 Å². The Labute approximate surface area is 134 Å². The molecule has 0 bridgehead atoms. The second-order valence-electron chi connectivity index (χ2n) is 5.38. The van der Waals surface area contributed by atoms with E-state index in [9.17, 15) is 23.1 Å². The molecule has 1 aromatic heterocycles.